The van der Waals surface area contributed by atoms with Crippen LogP contribution in [0.4, 0.5) is 0 Å². The van der Waals surface area contributed by atoms with Crippen molar-refractivity contribution >= 4 is 33.5 Å². The normalized spacial score (nSPS) is 11.4. The number of aliphatic imine (C=N–C) groups is 2. The van der Waals surface area contributed by atoms with Gasteiger partial charge in [-0.25, -0.2) is 4.99 Å². The second kappa shape index (κ2) is 19.4. The van der Waals surface area contributed by atoms with Crippen LogP contribution in [0.25, 0.3) is 44.5 Å². The van der Waals surface area contributed by atoms with Gasteiger partial charge in [-0.2, -0.15) is 5.26 Å². The quantitative estimate of drug-likeness (QED) is 0.0944. The molecule has 0 saturated carbocycles. The fraction of sp³-hybridized carbons (Fsp3) is 0.0364. The van der Waals surface area contributed by atoms with Crippen LogP contribution in [0, 0.1) is 22.1 Å². The maximum atomic E-state index is 9.85. The summed E-state index contributed by atoms with van der Waals surface area (Å²) in [5.41, 5.74) is 13.2. The number of thioether (sulfide) groups is 1. The zero-order valence-electron chi connectivity index (χ0n) is 34.1. The number of nitrogens with zero attached hydrogens (tertiary/aromatic N) is 3. The molecule has 298 valence electrons. The molecule has 6 nitrogen and oxygen atoms in total. The lowest BCUT2D eigenvalue weighted by molar-refractivity contribution is 1.06. The maximum absolute atomic E-state index is 9.85. The van der Waals surface area contributed by atoms with E-state index in [1.54, 1.807) is 0 Å². The standard InChI is InChI=1S/C55H42N6S/c1-59-54(41-19-7-3-8-20-41)61-55(42-21-9-4-10-22-42)60-37-39-16-12-23-43(32-39)44-24-13-27-48(33-44)50-30-29-46(35-51(50)47-26-11-15-38(31-47)36-56)45-25-14-28-49(34-45)53(58)62-52(57)40-17-5-2-6-18-40/h2-35,57-58H,37H2,1H3,(H,59,60,61). The third-order valence-electron chi connectivity index (χ3n) is 10.4. The average Bonchev–Trinajstić information content (AvgIpc) is 3.35. The van der Waals surface area contributed by atoms with Gasteiger partial charge in [0.15, 0.2) is 5.84 Å². The molecule has 8 aromatic rings. The molecule has 0 unspecified atom stereocenters. The second-order valence-corrected chi connectivity index (χ2v) is 15.5. The zero-order chi connectivity index (χ0) is 42.7. The lowest BCUT2D eigenvalue weighted by Crippen LogP contribution is -2.21. The zero-order valence-corrected chi connectivity index (χ0v) is 34.9. The van der Waals surface area contributed by atoms with E-state index in [0.29, 0.717) is 28.0 Å². The van der Waals surface area contributed by atoms with Crippen molar-refractivity contribution in [2.45, 2.75) is 6.54 Å². The molecule has 0 aromatic heterocycles. The highest BCUT2D eigenvalue weighted by atomic mass is 32.2. The van der Waals surface area contributed by atoms with E-state index in [4.69, 9.17) is 20.8 Å². The van der Waals surface area contributed by atoms with Crippen LogP contribution in [0.15, 0.2) is 216 Å². The first-order valence-corrected chi connectivity index (χ1v) is 21.0. The van der Waals surface area contributed by atoms with Crippen molar-refractivity contribution in [2.75, 3.05) is 7.05 Å². The van der Waals surface area contributed by atoms with E-state index in [1.165, 1.54) is 0 Å². The minimum absolute atomic E-state index is 0.308. The van der Waals surface area contributed by atoms with Gasteiger partial charge in [-0.1, -0.05) is 182 Å². The first-order valence-electron chi connectivity index (χ1n) is 20.2. The Kier molecular flexibility index (Phi) is 12.8. The number of rotatable bonds is 10. The lowest BCUT2D eigenvalue weighted by Gasteiger charge is -2.15. The molecule has 0 radical (unpaired) electrons. The van der Waals surface area contributed by atoms with Crippen LogP contribution in [0.5, 0.6) is 0 Å². The molecular weight excluding hydrogens is 777 g/mol. The van der Waals surface area contributed by atoms with Crippen molar-refractivity contribution in [1.29, 1.82) is 16.1 Å². The monoisotopic (exact) mass is 818 g/mol. The number of benzene rings is 8. The van der Waals surface area contributed by atoms with Gasteiger partial charge >= 0.3 is 0 Å². The lowest BCUT2D eigenvalue weighted by atomic mass is 9.89. The summed E-state index contributed by atoms with van der Waals surface area (Å²) >= 11 is 1.14. The second-order valence-electron chi connectivity index (χ2n) is 14.5. The molecule has 3 N–H and O–H groups in total. The predicted octanol–water partition coefficient (Wildman–Crippen LogP) is 12.9. The molecule has 0 aliphatic carbocycles. The molecule has 62 heavy (non-hydrogen) atoms. The fourth-order valence-corrected chi connectivity index (χ4v) is 7.95. The average molecular weight is 819 g/mol. The van der Waals surface area contributed by atoms with E-state index in [-0.39, 0.29) is 0 Å². The Labute approximate surface area is 367 Å². The van der Waals surface area contributed by atoms with E-state index >= 15 is 0 Å². The summed E-state index contributed by atoms with van der Waals surface area (Å²) in [5, 5.41) is 31.2. The number of amidine groups is 2. The van der Waals surface area contributed by atoms with Crippen LogP contribution in [-0.2, 0) is 6.54 Å². The summed E-state index contributed by atoms with van der Waals surface area (Å²) in [5.74, 6) is 1.39. The van der Waals surface area contributed by atoms with E-state index in [0.717, 1.165) is 89.9 Å². The van der Waals surface area contributed by atoms with Gasteiger partial charge in [-0.3, -0.25) is 15.8 Å². The SMILES string of the molecule is CN/C(=N\C(=N/Cc1cccc(-c2cccc(-c3ccc(-c4cccc(C(=N)SC(=N)c5ccccc5)c4)cc3-c3cccc(C#N)c3)c2)c1)c1ccccc1)c1ccccc1. The molecule has 0 spiro atoms. The van der Waals surface area contributed by atoms with Crippen molar-refractivity contribution < 1.29 is 0 Å². The Morgan fingerprint density at radius 3 is 1.73 bits per heavy atom. The Morgan fingerprint density at radius 1 is 0.500 bits per heavy atom. The fourth-order valence-electron chi connectivity index (χ4n) is 7.25. The third-order valence-corrected chi connectivity index (χ3v) is 11.3. The Morgan fingerprint density at radius 2 is 1.03 bits per heavy atom. The summed E-state index contributed by atoms with van der Waals surface area (Å²) < 4.78 is 0. The molecule has 7 heteroatoms. The minimum Gasteiger partial charge on any atom is -0.373 e. The molecule has 0 saturated heterocycles. The van der Waals surface area contributed by atoms with Crippen molar-refractivity contribution in [2.24, 2.45) is 9.98 Å². The van der Waals surface area contributed by atoms with E-state index < -0.39 is 0 Å². The molecule has 0 aliphatic heterocycles. The first-order chi connectivity index (χ1) is 30.4. The van der Waals surface area contributed by atoms with Gasteiger partial charge in [0, 0.05) is 29.3 Å². The van der Waals surface area contributed by atoms with E-state index in [9.17, 15) is 5.26 Å². The molecule has 0 heterocycles. The number of hydrogen-bond donors (Lipinski definition) is 3. The Hall–Kier alpha value is -7.92. The van der Waals surface area contributed by atoms with Gasteiger partial charge < -0.3 is 5.32 Å². The maximum Gasteiger partial charge on any atom is 0.157 e. The molecule has 8 rings (SSSR count). The molecule has 0 aliphatic rings. The number of nitriles is 1. The van der Waals surface area contributed by atoms with Crippen LogP contribution in [0.3, 0.4) is 0 Å². The Balaban J connectivity index is 1.11. The molecular formula is C55H42N6S. The summed E-state index contributed by atoms with van der Waals surface area (Å²) in [4.78, 5) is 10.1. The van der Waals surface area contributed by atoms with Crippen LogP contribution in [0.1, 0.15) is 33.4 Å². The van der Waals surface area contributed by atoms with Crippen LogP contribution >= 0.6 is 11.8 Å². The van der Waals surface area contributed by atoms with E-state index in [2.05, 4.69) is 78.1 Å². The molecule has 0 atom stereocenters. The summed E-state index contributed by atoms with van der Waals surface area (Å²) in [6.45, 7) is 0.447. The van der Waals surface area contributed by atoms with Crippen molar-refractivity contribution in [1.82, 2.24) is 5.32 Å². The van der Waals surface area contributed by atoms with Gasteiger partial charge in [0.25, 0.3) is 0 Å². The molecule has 0 amide bonds. The third kappa shape index (κ3) is 9.75. The number of nitrogens with one attached hydrogen (secondary N) is 3. The Bertz CT molecular complexity index is 2990. The smallest absolute Gasteiger partial charge is 0.157 e. The van der Waals surface area contributed by atoms with Gasteiger partial charge in [0.1, 0.15) is 15.9 Å². The van der Waals surface area contributed by atoms with Crippen LogP contribution < -0.4 is 5.32 Å². The molecule has 0 fully saturated rings. The van der Waals surface area contributed by atoms with E-state index in [1.807, 2.05) is 147 Å². The largest absolute Gasteiger partial charge is 0.373 e. The van der Waals surface area contributed by atoms with Gasteiger partial charge in [-0.05, 0) is 86.5 Å². The highest BCUT2D eigenvalue weighted by molar-refractivity contribution is 8.27. The van der Waals surface area contributed by atoms with Crippen molar-refractivity contribution in [3.05, 3.63) is 240 Å². The highest BCUT2D eigenvalue weighted by Crippen LogP contribution is 2.38. The molecule has 8 aromatic carbocycles. The van der Waals surface area contributed by atoms with Gasteiger partial charge in [-0.15, -0.1) is 0 Å². The highest BCUT2D eigenvalue weighted by Gasteiger charge is 2.15. The molecule has 0 bridgehead atoms. The van der Waals surface area contributed by atoms with Crippen LogP contribution in [-0.4, -0.2) is 28.8 Å². The minimum atomic E-state index is 0.308. The number of hydrogen-bond acceptors (Lipinski definition) is 5. The van der Waals surface area contributed by atoms with Crippen molar-refractivity contribution in [3.63, 3.8) is 0 Å². The van der Waals surface area contributed by atoms with Gasteiger partial charge in [0.2, 0.25) is 0 Å². The van der Waals surface area contributed by atoms with Crippen LogP contribution in [0.2, 0.25) is 0 Å². The predicted molar refractivity (Wildman–Crippen MR) is 259 cm³/mol. The first kappa shape index (κ1) is 40.8. The summed E-state index contributed by atoms with van der Waals surface area (Å²) in [6.07, 6.45) is 0. The summed E-state index contributed by atoms with van der Waals surface area (Å²) in [6, 6.07) is 71.1. The van der Waals surface area contributed by atoms with Crippen molar-refractivity contribution in [3.8, 4) is 50.6 Å². The summed E-state index contributed by atoms with van der Waals surface area (Å²) in [7, 11) is 1.88. The topological polar surface area (TPSA) is 108 Å². The van der Waals surface area contributed by atoms with Gasteiger partial charge in [0.05, 0.1) is 18.2 Å².